The van der Waals surface area contributed by atoms with Gasteiger partial charge in [0.2, 0.25) is 6.08 Å². The van der Waals surface area contributed by atoms with E-state index in [4.69, 9.17) is 9.47 Å². The molecule has 1 aliphatic heterocycles. The monoisotopic (exact) mass is 297 g/mol. The third-order valence-electron chi connectivity index (χ3n) is 2.31. The van der Waals surface area contributed by atoms with E-state index in [0.29, 0.717) is 46.6 Å². The molecule has 0 unspecified atom stereocenters. The average molecular weight is 298 g/mol. The fraction of sp³-hybridized carbons (Fsp3) is 0.273. The van der Waals surface area contributed by atoms with Gasteiger partial charge in [-0.1, -0.05) is 0 Å². The van der Waals surface area contributed by atoms with Crippen molar-refractivity contribution in [3.05, 3.63) is 21.7 Å². The predicted octanol–water partition coefficient (Wildman–Crippen LogP) is 1.87. The number of ether oxygens (including phenoxy) is 2. The molecular weight excluding hydrogens is 290 g/mol. The number of rotatable bonds is 3. The number of aldehydes is 1. The molecule has 1 aromatic rings. The zero-order valence-electron chi connectivity index (χ0n) is 8.73. The van der Waals surface area contributed by atoms with Crippen molar-refractivity contribution >= 4 is 28.3 Å². The lowest BCUT2D eigenvalue weighted by atomic mass is 10.1. The molecule has 5 nitrogen and oxygen atoms in total. The van der Waals surface area contributed by atoms with E-state index < -0.39 is 0 Å². The highest BCUT2D eigenvalue weighted by molar-refractivity contribution is 9.10. The highest BCUT2D eigenvalue weighted by atomic mass is 79.9. The Labute approximate surface area is 106 Å². The van der Waals surface area contributed by atoms with Crippen LogP contribution in [-0.2, 0) is 11.3 Å². The summed E-state index contributed by atoms with van der Waals surface area (Å²) < 4.78 is 11.5. The van der Waals surface area contributed by atoms with Gasteiger partial charge in [-0.25, -0.2) is 9.79 Å². The molecule has 0 saturated carbocycles. The van der Waals surface area contributed by atoms with Gasteiger partial charge in [-0.3, -0.25) is 4.79 Å². The summed E-state index contributed by atoms with van der Waals surface area (Å²) in [5, 5.41) is 0. The molecule has 0 aromatic heterocycles. The maximum atomic E-state index is 11.0. The predicted molar refractivity (Wildman–Crippen MR) is 62.3 cm³/mol. The molecule has 1 aliphatic rings. The second kappa shape index (κ2) is 5.12. The van der Waals surface area contributed by atoms with E-state index in [2.05, 4.69) is 20.9 Å². The van der Waals surface area contributed by atoms with Crippen LogP contribution in [0.3, 0.4) is 0 Å². The fourth-order valence-electron chi connectivity index (χ4n) is 1.61. The number of isocyanates is 1. The Bertz CT molecular complexity index is 509. The van der Waals surface area contributed by atoms with Gasteiger partial charge < -0.3 is 9.47 Å². The number of carbonyl (C=O) groups excluding carboxylic acids is 2. The highest BCUT2D eigenvalue weighted by Gasteiger charge is 2.22. The van der Waals surface area contributed by atoms with Crippen molar-refractivity contribution in [2.75, 3.05) is 13.2 Å². The summed E-state index contributed by atoms with van der Waals surface area (Å²) in [4.78, 5) is 24.6. The Hall–Kier alpha value is -1.65. The highest BCUT2D eigenvalue weighted by Crippen LogP contribution is 2.40. The minimum absolute atomic E-state index is 0.146. The van der Waals surface area contributed by atoms with E-state index in [1.54, 1.807) is 6.07 Å². The molecule has 0 saturated heterocycles. The number of carbonyl (C=O) groups is 1. The first kappa shape index (κ1) is 11.8. The third kappa shape index (κ3) is 2.23. The topological polar surface area (TPSA) is 65.0 Å². The van der Waals surface area contributed by atoms with Crippen molar-refractivity contribution in [3.63, 3.8) is 0 Å². The van der Waals surface area contributed by atoms with E-state index in [-0.39, 0.29) is 6.54 Å². The summed E-state index contributed by atoms with van der Waals surface area (Å²) in [6.07, 6.45) is 2.16. The van der Waals surface area contributed by atoms with Gasteiger partial charge in [0, 0.05) is 10.0 Å². The average Bonchev–Trinajstić information content (AvgIpc) is 2.36. The van der Waals surface area contributed by atoms with Crippen LogP contribution in [0, 0.1) is 0 Å². The Morgan fingerprint density at radius 3 is 2.76 bits per heavy atom. The molecular formula is C11H8BrNO4. The van der Waals surface area contributed by atoms with Crippen LogP contribution >= 0.6 is 15.9 Å². The molecule has 17 heavy (non-hydrogen) atoms. The van der Waals surface area contributed by atoms with Crippen LogP contribution in [-0.4, -0.2) is 25.6 Å². The van der Waals surface area contributed by atoms with Crippen molar-refractivity contribution in [3.8, 4) is 11.5 Å². The van der Waals surface area contributed by atoms with Crippen LogP contribution in [0.15, 0.2) is 15.5 Å². The molecule has 2 rings (SSSR count). The van der Waals surface area contributed by atoms with Gasteiger partial charge in [-0.2, -0.15) is 0 Å². The number of aliphatic imine (C=N–C) groups is 1. The van der Waals surface area contributed by atoms with E-state index in [9.17, 15) is 9.59 Å². The first-order valence-electron chi connectivity index (χ1n) is 4.87. The van der Waals surface area contributed by atoms with Gasteiger partial charge in [0.05, 0.1) is 12.1 Å². The van der Waals surface area contributed by atoms with Gasteiger partial charge in [-0.05, 0) is 22.0 Å². The molecule has 1 heterocycles. The maximum absolute atomic E-state index is 11.0. The number of benzene rings is 1. The molecule has 0 N–H and O–H groups in total. The van der Waals surface area contributed by atoms with Crippen LogP contribution < -0.4 is 9.47 Å². The lowest BCUT2D eigenvalue weighted by Gasteiger charge is -2.22. The van der Waals surface area contributed by atoms with E-state index in [0.717, 1.165) is 0 Å². The van der Waals surface area contributed by atoms with Gasteiger partial charge in [-0.15, -0.1) is 0 Å². The maximum Gasteiger partial charge on any atom is 0.235 e. The molecule has 0 fully saturated rings. The normalized spacial score (nSPS) is 12.8. The van der Waals surface area contributed by atoms with Crippen molar-refractivity contribution in [2.45, 2.75) is 6.54 Å². The van der Waals surface area contributed by atoms with Gasteiger partial charge >= 0.3 is 0 Å². The summed E-state index contributed by atoms with van der Waals surface area (Å²) in [6, 6.07) is 1.69. The SMILES string of the molecule is O=C=NCc1cc(Br)c(C=O)c2c1OCCO2. The van der Waals surface area contributed by atoms with Crippen LogP contribution in [0.25, 0.3) is 0 Å². The summed E-state index contributed by atoms with van der Waals surface area (Å²) in [6.45, 7) is 0.943. The summed E-state index contributed by atoms with van der Waals surface area (Å²) in [5.74, 6) is 0.872. The van der Waals surface area contributed by atoms with Crippen molar-refractivity contribution in [2.24, 2.45) is 4.99 Å². The Balaban J connectivity index is 2.57. The van der Waals surface area contributed by atoms with Crippen LogP contribution in [0.2, 0.25) is 0 Å². The Morgan fingerprint density at radius 2 is 2.12 bits per heavy atom. The van der Waals surface area contributed by atoms with Crippen molar-refractivity contribution in [1.29, 1.82) is 0 Å². The standard InChI is InChI=1S/C11H8BrNO4/c12-9-3-7(4-13-6-15)10-11(8(9)5-14)17-2-1-16-10/h3,5H,1-2,4H2. The molecule has 0 radical (unpaired) electrons. The van der Waals surface area contributed by atoms with Crippen LogP contribution in [0.1, 0.15) is 15.9 Å². The fourth-order valence-corrected chi connectivity index (χ4v) is 2.16. The first-order valence-corrected chi connectivity index (χ1v) is 5.67. The molecule has 0 atom stereocenters. The summed E-state index contributed by atoms with van der Waals surface area (Å²) >= 11 is 3.27. The zero-order valence-corrected chi connectivity index (χ0v) is 10.3. The number of hydrogen-bond acceptors (Lipinski definition) is 5. The Kier molecular flexibility index (Phi) is 3.56. The van der Waals surface area contributed by atoms with E-state index >= 15 is 0 Å². The summed E-state index contributed by atoms with van der Waals surface area (Å²) in [7, 11) is 0. The van der Waals surface area contributed by atoms with Crippen molar-refractivity contribution in [1.82, 2.24) is 0 Å². The van der Waals surface area contributed by atoms with Crippen LogP contribution in [0.4, 0.5) is 0 Å². The second-order valence-electron chi connectivity index (χ2n) is 3.31. The lowest BCUT2D eigenvalue weighted by Crippen LogP contribution is -2.18. The first-order chi connectivity index (χ1) is 8.27. The molecule has 0 amide bonds. The molecule has 0 bridgehead atoms. The lowest BCUT2D eigenvalue weighted by molar-refractivity contribution is 0.111. The molecule has 88 valence electrons. The van der Waals surface area contributed by atoms with E-state index in [1.165, 1.54) is 6.08 Å². The van der Waals surface area contributed by atoms with Crippen molar-refractivity contribution < 1.29 is 19.1 Å². The molecule has 6 heteroatoms. The largest absolute Gasteiger partial charge is 0.486 e. The number of nitrogens with zero attached hydrogens (tertiary/aromatic N) is 1. The van der Waals surface area contributed by atoms with E-state index in [1.807, 2.05) is 0 Å². The van der Waals surface area contributed by atoms with Crippen LogP contribution in [0.5, 0.6) is 11.5 Å². The van der Waals surface area contributed by atoms with Gasteiger partial charge in [0.25, 0.3) is 0 Å². The zero-order chi connectivity index (χ0) is 12.3. The number of fused-ring (bicyclic) bond motifs is 1. The summed E-state index contributed by atoms with van der Waals surface area (Å²) in [5.41, 5.74) is 1.08. The molecule has 0 aliphatic carbocycles. The third-order valence-corrected chi connectivity index (χ3v) is 2.96. The Morgan fingerprint density at radius 1 is 1.41 bits per heavy atom. The number of hydrogen-bond donors (Lipinski definition) is 0. The minimum Gasteiger partial charge on any atom is -0.486 e. The molecule has 0 spiro atoms. The smallest absolute Gasteiger partial charge is 0.235 e. The second-order valence-corrected chi connectivity index (χ2v) is 4.17. The van der Waals surface area contributed by atoms with Gasteiger partial charge in [0.15, 0.2) is 17.8 Å². The minimum atomic E-state index is 0.146. The number of halogens is 1. The quantitative estimate of drug-likeness (QED) is 0.485. The molecule has 1 aromatic carbocycles. The van der Waals surface area contributed by atoms with Gasteiger partial charge in [0.1, 0.15) is 13.2 Å².